The van der Waals surface area contributed by atoms with E-state index in [-0.39, 0.29) is 0 Å². The summed E-state index contributed by atoms with van der Waals surface area (Å²) in [7, 11) is 0. The highest BCUT2D eigenvalue weighted by molar-refractivity contribution is 4.63. The molecule has 8 heavy (non-hydrogen) atoms. The lowest BCUT2D eigenvalue weighted by atomic mass is 10.0. The van der Waals surface area contributed by atoms with Gasteiger partial charge in [0.05, 0.1) is 0 Å². The van der Waals surface area contributed by atoms with E-state index in [1.165, 1.54) is 12.8 Å². The molecule has 1 atom stereocenters. The van der Waals surface area contributed by atoms with Gasteiger partial charge in [-0.15, -0.1) is 0 Å². The molecule has 0 nitrogen and oxygen atoms in total. The Kier molecular flexibility index (Phi) is 4.73. The fourth-order valence-corrected chi connectivity index (χ4v) is 0.585. The van der Waals surface area contributed by atoms with Crippen molar-refractivity contribution in [2.24, 2.45) is 5.92 Å². The summed E-state index contributed by atoms with van der Waals surface area (Å²) in [4.78, 5) is 0. The van der Waals surface area contributed by atoms with Crippen LogP contribution in [0.3, 0.4) is 0 Å². The Labute approximate surface area is 52.6 Å². The zero-order chi connectivity index (χ0) is 6.41. The van der Waals surface area contributed by atoms with Gasteiger partial charge in [-0.25, -0.2) is 0 Å². The topological polar surface area (TPSA) is 0 Å². The monoisotopic (exact) mass is 111 g/mol. The van der Waals surface area contributed by atoms with Crippen LogP contribution in [0, 0.1) is 12.5 Å². The normalized spacial score (nSPS) is 13.2. The summed E-state index contributed by atoms with van der Waals surface area (Å²) in [5.74, 6) is 0.842. The highest BCUT2D eigenvalue weighted by atomic mass is 14.0. The molecule has 47 valence electrons. The molecule has 0 bridgehead atoms. The molecule has 0 spiro atoms. The van der Waals surface area contributed by atoms with Crippen LogP contribution < -0.4 is 0 Å². The Hall–Kier alpha value is -0.260. The average Bonchev–Trinajstić information content (AvgIpc) is 1.83. The second-order valence-electron chi connectivity index (χ2n) is 2.33. The Morgan fingerprint density at radius 1 is 1.62 bits per heavy atom. The van der Waals surface area contributed by atoms with Crippen LogP contribution in [0.25, 0.3) is 0 Å². The van der Waals surface area contributed by atoms with Crippen molar-refractivity contribution in [2.75, 3.05) is 0 Å². The molecular weight excluding hydrogens is 96.1 g/mol. The van der Waals surface area contributed by atoms with Crippen LogP contribution in [0.1, 0.15) is 33.1 Å². The van der Waals surface area contributed by atoms with Gasteiger partial charge in [0, 0.05) is 0 Å². The van der Waals surface area contributed by atoms with Gasteiger partial charge in [-0.05, 0) is 18.8 Å². The quantitative estimate of drug-likeness (QED) is 0.523. The Bertz CT molecular complexity index is 55.1. The summed E-state index contributed by atoms with van der Waals surface area (Å²) < 4.78 is 0. The van der Waals surface area contributed by atoms with Gasteiger partial charge in [0.2, 0.25) is 0 Å². The lowest BCUT2D eigenvalue weighted by Gasteiger charge is -2.03. The summed E-state index contributed by atoms with van der Waals surface area (Å²) >= 11 is 0. The van der Waals surface area contributed by atoms with E-state index in [0.29, 0.717) is 0 Å². The highest BCUT2D eigenvalue weighted by Crippen LogP contribution is 2.08. The molecule has 0 aromatic carbocycles. The van der Waals surface area contributed by atoms with Gasteiger partial charge in [0.15, 0.2) is 0 Å². The Morgan fingerprint density at radius 2 is 2.25 bits per heavy atom. The largest absolute Gasteiger partial charge is 0.0845 e. The first-order valence-electron chi connectivity index (χ1n) is 3.34. The van der Waals surface area contributed by atoms with Crippen LogP contribution in [0.4, 0.5) is 0 Å². The zero-order valence-corrected chi connectivity index (χ0v) is 5.85. The highest BCUT2D eigenvalue weighted by Gasteiger charge is 1.93. The summed E-state index contributed by atoms with van der Waals surface area (Å²) in [6.07, 6.45) is 5.32. The van der Waals surface area contributed by atoms with Crippen LogP contribution in [0.5, 0.6) is 0 Å². The van der Waals surface area contributed by atoms with E-state index in [1.54, 1.807) is 6.08 Å². The second kappa shape index (κ2) is 4.89. The Balaban J connectivity index is 2.97. The van der Waals surface area contributed by atoms with Crippen molar-refractivity contribution in [2.45, 2.75) is 33.1 Å². The fraction of sp³-hybridized carbons (Fsp3) is 0.750. The van der Waals surface area contributed by atoms with Crippen LogP contribution in [0.15, 0.2) is 6.08 Å². The molecule has 0 heteroatoms. The van der Waals surface area contributed by atoms with E-state index in [0.717, 1.165) is 12.3 Å². The first-order valence-corrected chi connectivity index (χ1v) is 3.34. The van der Waals surface area contributed by atoms with Crippen molar-refractivity contribution in [3.05, 3.63) is 12.7 Å². The minimum Gasteiger partial charge on any atom is -0.0845 e. The lowest BCUT2D eigenvalue weighted by Crippen LogP contribution is -1.88. The molecule has 0 aromatic heterocycles. The molecule has 0 saturated heterocycles. The van der Waals surface area contributed by atoms with Gasteiger partial charge < -0.3 is 0 Å². The zero-order valence-electron chi connectivity index (χ0n) is 5.85. The molecule has 0 aliphatic rings. The van der Waals surface area contributed by atoms with Crippen LogP contribution in [-0.2, 0) is 0 Å². The molecule has 1 unspecified atom stereocenters. The van der Waals surface area contributed by atoms with Crippen molar-refractivity contribution < 1.29 is 0 Å². The molecule has 0 rings (SSSR count). The summed E-state index contributed by atoms with van der Waals surface area (Å²) in [5.41, 5.74) is 0. The second-order valence-corrected chi connectivity index (χ2v) is 2.33. The van der Waals surface area contributed by atoms with Gasteiger partial charge >= 0.3 is 0 Å². The molecule has 0 N–H and O–H groups in total. The fourth-order valence-electron chi connectivity index (χ4n) is 0.585. The third-order valence-corrected chi connectivity index (χ3v) is 1.52. The van der Waals surface area contributed by atoms with Gasteiger partial charge in [0.1, 0.15) is 0 Å². The first kappa shape index (κ1) is 7.74. The minimum absolute atomic E-state index is 0.842. The molecule has 0 aliphatic heterocycles. The molecule has 0 aliphatic carbocycles. The minimum atomic E-state index is 0.842. The maximum Gasteiger partial charge on any atom is -0.0345 e. The maximum absolute atomic E-state index is 5.21. The SMILES string of the molecule is [CH]=CCCC(C)CC. The van der Waals surface area contributed by atoms with E-state index >= 15 is 0 Å². The van der Waals surface area contributed by atoms with E-state index in [9.17, 15) is 0 Å². The summed E-state index contributed by atoms with van der Waals surface area (Å²) in [6, 6.07) is 0. The molecule has 0 fully saturated rings. The third kappa shape index (κ3) is 3.91. The van der Waals surface area contributed by atoms with Crippen molar-refractivity contribution in [1.82, 2.24) is 0 Å². The average molecular weight is 111 g/mol. The molecular formula is C8H15. The van der Waals surface area contributed by atoms with E-state index in [1.807, 2.05) is 0 Å². The van der Waals surface area contributed by atoms with Gasteiger partial charge in [0.25, 0.3) is 0 Å². The molecule has 1 radical (unpaired) electrons. The van der Waals surface area contributed by atoms with E-state index < -0.39 is 0 Å². The summed E-state index contributed by atoms with van der Waals surface area (Å²) in [5, 5.41) is 0. The van der Waals surface area contributed by atoms with Gasteiger partial charge in [-0.3, -0.25) is 0 Å². The predicted octanol–water partition coefficient (Wildman–Crippen LogP) is 2.80. The number of hydrogen-bond donors (Lipinski definition) is 0. The maximum atomic E-state index is 5.21. The third-order valence-electron chi connectivity index (χ3n) is 1.52. The number of hydrogen-bond acceptors (Lipinski definition) is 0. The molecule has 0 amide bonds. The summed E-state index contributed by atoms with van der Waals surface area (Å²) in [6.45, 7) is 9.67. The van der Waals surface area contributed by atoms with Crippen molar-refractivity contribution in [1.29, 1.82) is 0 Å². The van der Waals surface area contributed by atoms with Crippen LogP contribution in [-0.4, -0.2) is 0 Å². The molecule has 0 saturated carbocycles. The smallest absolute Gasteiger partial charge is 0.0345 e. The van der Waals surface area contributed by atoms with Crippen molar-refractivity contribution in [3.63, 3.8) is 0 Å². The molecule has 0 heterocycles. The van der Waals surface area contributed by atoms with E-state index in [4.69, 9.17) is 6.58 Å². The Morgan fingerprint density at radius 3 is 2.62 bits per heavy atom. The first-order chi connectivity index (χ1) is 3.81. The molecule has 0 aromatic rings. The number of allylic oxidation sites excluding steroid dienone is 1. The van der Waals surface area contributed by atoms with Crippen molar-refractivity contribution in [3.8, 4) is 0 Å². The number of rotatable bonds is 4. The van der Waals surface area contributed by atoms with Crippen LogP contribution in [0.2, 0.25) is 0 Å². The lowest BCUT2D eigenvalue weighted by molar-refractivity contribution is 0.522. The predicted molar refractivity (Wildman–Crippen MR) is 37.6 cm³/mol. The van der Waals surface area contributed by atoms with Gasteiger partial charge in [-0.2, -0.15) is 0 Å². The van der Waals surface area contributed by atoms with E-state index in [2.05, 4.69) is 13.8 Å². The van der Waals surface area contributed by atoms with Crippen molar-refractivity contribution >= 4 is 0 Å². The van der Waals surface area contributed by atoms with Crippen LogP contribution >= 0.6 is 0 Å². The standard InChI is InChI=1S/C8H15/c1-4-6-7-8(3)5-2/h1,4,8H,5-7H2,2-3H3. The van der Waals surface area contributed by atoms with Gasteiger partial charge in [-0.1, -0.05) is 32.9 Å².